The predicted molar refractivity (Wildman–Crippen MR) is 125 cm³/mol. The molecule has 0 saturated heterocycles. The molecule has 4 N–H and O–H groups in total. The third-order valence-corrected chi connectivity index (χ3v) is 6.84. The molecule has 4 rings (SSSR count). The summed E-state index contributed by atoms with van der Waals surface area (Å²) in [7, 11) is 0. The van der Waals surface area contributed by atoms with Gasteiger partial charge in [-0.1, -0.05) is 67.8 Å². The molecule has 0 heterocycles. The number of hydrogen-bond donors (Lipinski definition) is 4. The maximum atomic E-state index is 12.9. The first-order valence-electron chi connectivity index (χ1n) is 11.7. The van der Waals surface area contributed by atoms with E-state index >= 15 is 0 Å². The highest BCUT2D eigenvalue weighted by atomic mass is 16.5. The molecule has 2 aliphatic carbocycles. The molecule has 34 heavy (non-hydrogen) atoms. The fourth-order valence-electron chi connectivity index (χ4n) is 5.16. The second-order valence-electron chi connectivity index (χ2n) is 9.11. The van der Waals surface area contributed by atoms with Crippen LogP contribution in [0.2, 0.25) is 0 Å². The van der Waals surface area contributed by atoms with Gasteiger partial charge in [0.15, 0.2) is 0 Å². The number of hydrogen-bond acceptors (Lipinski definition) is 5. The van der Waals surface area contributed by atoms with Crippen molar-refractivity contribution in [3.05, 3.63) is 59.7 Å². The Morgan fingerprint density at radius 2 is 1.56 bits per heavy atom. The van der Waals surface area contributed by atoms with E-state index in [1.54, 1.807) is 0 Å². The number of benzene rings is 2. The number of aliphatic carboxylic acids is 1. The lowest BCUT2D eigenvalue weighted by atomic mass is 9.79. The van der Waals surface area contributed by atoms with Crippen LogP contribution >= 0.6 is 0 Å². The molecule has 2 aliphatic rings. The van der Waals surface area contributed by atoms with Gasteiger partial charge in [0.25, 0.3) is 0 Å². The lowest BCUT2D eigenvalue weighted by Gasteiger charge is -2.37. The van der Waals surface area contributed by atoms with E-state index in [0.29, 0.717) is 12.8 Å². The Hall–Kier alpha value is -3.39. The largest absolute Gasteiger partial charge is 0.480 e. The molecule has 0 aliphatic heterocycles. The van der Waals surface area contributed by atoms with Gasteiger partial charge < -0.3 is 25.6 Å². The lowest BCUT2D eigenvalue weighted by molar-refractivity contribution is -0.143. The van der Waals surface area contributed by atoms with Crippen LogP contribution in [0.3, 0.4) is 0 Å². The summed E-state index contributed by atoms with van der Waals surface area (Å²) >= 11 is 0. The number of ether oxygens (including phenoxy) is 1. The van der Waals surface area contributed by atoms with Gasteiger partial charge in [0.2, 0.25) is 5.91 Å². The van der Waals surface area contributed by atoms with Crippen LogP contribution in [0.5, 0.6) is 0 Å². The second kappa shape index (κ2) is 10.3. The average molecular weight is 467 g/mol. The number of nitrogens with one attached hydrogen (secondary N) is 2. The fourth-order valence-corrected chi connectivity index (χ4v) is 5.16. The Morgan fingerprint density at radius 3 is 2.12 bits per heavy atom. The van der Waals surface area contributed by atoms with E-state index in [2.05, 4.69) is 22.8 Å². The van der Waals surface area contributed by atoms with Crippen LogP contribution in [-0.4, -0.2) is 53.0 Å². The maximum Gasteiger partial charge on any atom is 0.407 e. The summed E-state index contributed by atoms with van der Waals surface area (Å²) < 4.78 is 5.67. The number of rotatable bonds is 8. The second-order valence-corrected chi connectivity index (χ2v) is 9.11. The molecule has 0 radical (unpaired) electrons. The average Bonchev–Trinajstić information content (AvgIpc) is 3.15. The Labute approximate surface area is 198 Å². The maximum absolute atomic E-state index is 12.9. The van der Waals surface area contributed by atoms with Crippen molar-refractivity contribution in [1.29, 1.82) is 0 Å². The summed E-state index contributed by atoms with van der Waals surface area (Å²) in [6.45, 7) is -0.526. The highest BCUT2D eigenvalue weighted by Crippen LogP contribution is 2.44. The van der Waals surface area contributed by atoms with Gasteiger partial charge in [-0.25, -0.2) is 9.59 Å². The quantitative estimate of drug-likeness (QED) is 0.474. The molecule has 8 heteroatoms. The van der Waals surface area contributed by atoms with Crippen molar-refractivity contribution in [1.82, 2.24) is 10.6 Å². The van der Waals surface area contributed by atoms with Gasteiger partial charge in [0, 0.05) is 12.3 Å². The van der Waals surface area contributed by atoms with Crippen LogP contribution in [0, 0.1) is 0 Å². The minimum Gasteiger partial charge on any atom is -0.480 e. The first kappa shape index (κ1) is 23.8. The highest BCUT2D eigenvalue weighted by Gasteiger charge is 2.38. The number of carboxylic acid groups (broad SMARTS) is 1. The molecule has 1 unspecified atom stereocenters. The van der Waals surface area contributed by atoms with Crippen LogP contribution in [0.1, 0.15) is 55.6 Å². The summed E-state index contributed by atoms with van der Waals surface area (Å²) in [5.41, 5.74) is 3.72. The Bertz CT molecular complexity index is 1020. The zero-order valence-electron chi connectivity index (χ0n) is 19.0. The van der Waals surface area contributed by atoms with Gasteiger partial charge in [0.1, 0.15) is 12.6 Å². The Morgan fingerprint density at radius 1 is 0.971 bits per heavy atom. The van der Waals surface area contributed by atoms with Crippen LogP contribution in [0.4, 0.5) is 4.79 Å². The van der Waals surface area contributed by atoms with Gasteiger partial charge >= 0.3 is 12.1 Å². The van der Waals surface area contributed by atoms with Crippen LogP contribution in [-0.2, 0) is 14.3 Å². The third-order valence-electron chi connectivity index (χ3n) is 6.84. The topological polar surface area (TPSA) is 125 Å². The number of carbonyl (C=O) groups excluding carboxylic acids is 2. The van der Waals surface area contributed by atoms with Crippen molar-refractivity contribution in [2.75, 3.05) is 13.2 Å². The molecule has 1 saturated carbocycles. The van der Waals surface area contributed by atoms with Crippen molar-refractivity contribution >= 4 is 18.0 Å². The van der Waals surface area contributed by atoms with Crippen molar-refractivity contribution < 1.29 is 29.3 Å². The zero-order valence-corrected chi connectivity index (χ0v) is 19.0. The first-order chi connectivity index (χ1) is 16.4. The molecule has 0 bridgehead atoms. The van der Waals surface area contributed by atoms with Gasteiger partial charge in [-0.3, -0.25) is 4.79 Å². The van der Waals surface area contributed by atoms with E-state index in [1.165, 1.54) is 0 Å². The smallest absolute Gasteiger partial charge is 0.407 e. The van der Waals surface area contributed by atoms with Gasteiger partial charge in [-0.05, 0) is 35.1 Å². The number of aliphatic hydroxyl groups is 1. The predicted octanol–water partition coefficient (Wildman–Crippen LogP) is 3.18. The molecule has 0 spiro atoms. The van der Waals surface area contributed by atoms with E-state index in [1.807, 2.05) is 36.4 Å². The minimum atomic E-state index is -1.37. The highest BCUT2D eigenvalue weighted by molar-refractivity contribution is 5.85. The molecule has 2 amide bonds. The molecule has 0 aromatic heterocycles. The lowest BCUT2D eigenvalue weighted by Crippen LogP contribution is -2.54. The first-order valence-corrected chi connectivity index (χ1v) is 11.7. The summed E-state index contributed by atoms with van der Waals surface area (Å²) in [5, 5.41) is 23.5. The third kappa shape index (κ3) is 5.07. The number of carbonyl (C=O) groups is 3. The Kier molecular flexibility index (Phi) is 7.17. The zero-order chi connectivity index (χ0) is 24.1. The number of aliphatic hydroxyl groups excluding tert-OH is 1. The molecular weight excluding hydrogens is 436 g/mol. The van der Waals surface area contributed by atoms with Gasteiger partial charge in [-0.15, -0.1) is 0 Å². The normalized spacial score (nSPS) is 17.2. The number of alkyl carbamates (subject to hydrolysis) is 1. The fraction of sp³-hybridized carbons (Fsp3) is 0.423. The molecular formula is C26H30N2O6. The van der Waals surface area contributed by atoms with Crippen molar-refractivity contribution in [3.63, 3.8) is 0 Å². The van der Waals surface area contributed by atoms with Crippen LogP contribution in [0.15, 0.2) is 48.5 Å². The van der Waals surface area contributed by atoms with Crippen molar-refractivity contribution in [3.8, 4) is 11.1 Å². The molecule has 1 fully saturated rings. The SMILES string of the molecule is O=C(CC1(NC(=O)OCC2c3ccccc3-c3ccccc32)CCCCC1)NC(CO)C(=O)O. The Balaban J connectivity index is 1.42. The summed E-state index contributed by atoms with van der Waals surface area (Å²) in [6.07, 6.45) is 3.24. The van der Waals surface area contributed by atoms with E-state index in [-0.39, 0.29) is 18.9 Å². The van der Waals surface area contributed by atoms with Crippen LogP contribution in [0.25, 0.3) is 11.1 Å². The van der Waals surface area contributed by atoms with Crippen LogP contribution < -0.4 is 10.6 Å². The van der Waals surface area contributed by atoms with E-state index in [4.69, 9.17) is 9.84 Å². The monoisotopic (exact) mass is 466 g/mol. The van der Waals surface area contributed by atoms with E-state index < -0.39 is 36.2 Å². The van der Waals surface area contributed by atoms with E-state index in [0.717, 1.165) is 41.5 Å². The summed E-state index contributed by atoms with van der Waals surface area (Å²) in [4.78, 5) is 36.5. The number of fused-ring (bicyclic) bond motifs is 3. The number of carboxylic acids is 1. The molecule has 2 aromatic rings. The van der Waals surface area contributed by atoms with Gasteiger partial charge in [0.05, 0.1) is 12.1 Å². The van der Waals surface area contributed by atoms with Gasteiger partial charge in [-0.2, -0.15) is 0 Å². The molecule has 1 atom stereocenters. The van der Waals surface area contributed by atoms with E-state index in [9.17, 15) is 19.5 Å². The molecule has 8 nitrogen and oxygen atoms in total. The standard InChI is InChI=1S/C26H30N2O6/c29-15-22(24(31)32)27-23(30)14-26(12-6-1-7-13-26)28-25(33)34-16-21-19-10-4-2-8-17(19)18-9-3-5-11-20(18)21/h2-5,8-11,21-22,29H,1,6-7,12-16H2,(H,27,30)(H,28,33)(H,31,32). The minimum absolute atomic E-state index is 0.0652. The summed E-state index contributed by atoms with van der Waals surface area (Å²) in [5.74, 6) is -1.90. The van der Waals surface area contributed by atoms with Crippen molar-refractivity contribution in [2.45, 2.75) is 56.0 Å². The molecule has 2 aromatic carbocycles. The summed E-state index contributed by atoms with van der Waals surface area (Å²) in [6, 6.07) is 14.8. The van der Waals surface area contributed by atoms with Crippen molar-refractivity contribution in [2.24, 2.45) is 0 Å². The molecule has 180 valence electrons. The number of amides is 2.